The monoisotopic (exact) mass is 416 g/mol. The Balaban J connectivity index is 2.05. The average molecular weight is 416 g/mol. The molecule has 0 spiro atoms. The van der Waals surface area contributed by atoms with Gasteiger partial charge in [0.2, 0.25) is 0 Å². The van der Waals surface area contributed by atoms with Crippen LogP contribution in [0.3, 0.4) is 0 Å². The van der Waals surface area contributed by atoms with E-state index in [0.717, 1.165) is 12.1 Å². The third-order valence-electron chi connectivity index (χ3n) is 4.18. The highest BCUT2D eigenvalue weighted by Crippen LogP contribution is 2.30. The number of aromatic amines is 1. The summed E-state index contributed by atoms with van der Waals surface area (Å²) in [5.41, 5.74) is 3.41. The van der Waals surface area contributed by atoms with E-state index >= 15 is 0 Å². The summed E-state index contributed by atoms with van der Waals surface area (Å²) in [6, 6.07) is 8.89. The molecule has 0 radical (unpaired) electrons. The zero-order chi connectivity index (χ0) is 22.0. The van der Waals surface area contributed by atoms with Crippen molar-refractivity contribution in [2.45, 2.75) is 6.61 Å². The normalized spacial score (nSPS) is 10.6. The van der Waals surface area contributed by atoms with Gasteiger partial charge in [0, 0.05) is 11.6 Å². The Kier molecular flexibility index (Phi) is 5.50. The van der Waals surface area contributed by atoms with Crippen LogP contribution < -0.4 is 16.0 Å². The number of nitrogen functional groups attached to an aromatic ring is 1. The van der Waals surface area contributed by atoms with Gasteiger partial charge in [-0.1, -0.05) is 18.2 Å². The number of carbonyl (C=O) groups is 2. The molecule has 0 unspecified atom stereocenters. The first kappa shape index (κ1) is 20.5. The van der Waals surface area contributed by atoms with E-state index in [2.05, 4.69) is 0 Å². The molecule has 1 aromatic heterocycles. The number of nitrogens with two attached hydrogens (primary N) is 1. The predicted molar refractivity (Wildman–Crippen MR) is 102 cm³/mol. The highest BCUT2D eigenvalue weighted by molar-refractivity contribution is 6.07. The largest absolute Gasteiger partial charge is 0.489 e. The summed E-state index contributed by atoms with van der Waals surface area (Å²) in [7, 11) is 0. The van der Waals surface area contributed by atoms with Gasteiger partial charge in [0.05, 0.1) is 0 Å². The minimum atomic E-state index is -1.63. The van der Waals surface area contributed by atoms with Gasteiger partial charge in [-0.25, -0.2) is 18.4 Å². The zero-order valence-electron chi connectivity index (χ0n) is 15.1. The molecule has 0 saturated heterocycles. The molecule has 8 nitrogen and oxygen atoms in total. The Morgan fingerprint density at radius 3 is 2.33 bits per heavy atom. The molecule has 0 aliphatic rings. The van der Waals surface area contributed by atoms with Crippen molar-refractivity contribution in [1.82, 2.24) is 4.98 Å². The molecule has 30 heavy (non-hydrogen) atoms. The van der Waals surface area contributed by atoms with Crippen LogP contribution in [0.15, 0.2) is 47.3 Å². The van der Waals surface area contributed by atoms with Gasteiger partial charge >= 0.3 is 11.9 Å². The number of pyridine rings is 1. The number of aromatic carboxylic acids is 2. The van der Waals surface area contributed by atoms with Crippen LogP contribution in [0.2, 0.25) is 0 Å². The fourth-order valence-electron chi connectivity index (χ4n) is 2.89. The van der Waals surface area contributed by atoms with E-state index in [1.165, 1.54) is 24.3 Å². The van der Waals surface area contributed by atoms with E-state index < -0.39 is 46.1 Å². The lowest BCUT2D eigenvalue weighted by Gasteiger charge is -2.13. The standard InChI is InChI=1S/C20H14F2N2O6/c21-12-5-4-11(7-13(12)22)30-8-9-2-1-3-10(6-9)14-15(19(26)27)17(23)24-18(25)16(14)20(28)29/h1-7H,8H2,(H,26,27)(H,28,29)(H3,23,24,25). The first-order valence-corrected chi connectivity index (χ1v) is 8.38. The van der Waals surface area contributed by atoms with Crippen molar-refractivity contribution in [3.63, 3.8) is 0 Å². The van der Waals surface area contributed by atoms with Crippen molar-refractivity contribution in [3.05, 3.63) is 81.1 Å². The number of H-pyrrole nitrogens is 1. The Morgan fingerprint density at radius 1 is 1.00 bits per heavy atom. The number of nitrogens with one attached hydrogen (secondary N) is 1. The summed E-state index contributed by atoms with van der Waals surface area (Å²) in [6.07, 6.45) is 0. The molecule has 0 aliphatic carbocycles. The maximum absolute atomic E-state index is 13.3. The van der Waals surface area contributed by atoms with Crippen molar-refractivity contribution in [3.8, 4) is 16.9 Å². The van der Waals surface area contributed by atoms with Crippen LogP contribution in [0, 0.1) is 11.6 Å². The van der Waals surface area contributed by atoms with Gasteiger partial charge < -0.3 is 25.7 Å². The van der Waals surface area contributed by atoms with Crippen LogP contribution in [0.1, 0.15) is 26.3 Å². The molecule has 10 heteroatoms. The van der Waals surface area contributed by atoms with E-state index in [1.807, 2.05) is 4.98 Å². The predicted octanol–water partition coefficient (Wildman–Crippen LogP) is 2.88. The maximum atomic E-state index is 13.3. The number of hydrogen-bond acceptors (Lipinski definition) is 5. The maximum Gasteiger partial charge on any atom is 0.342 e. The number of anilines is 1. The van der Waals surface area contributed by atoms with Gasteiger partial charge in [0.1, 0.15) is 29.3 Å². The second-order valence-corrected chi connectivity index (χ2v) is 6.17. The van der Waals surface area contributed by atoms with E-state index in [4.69, 9.17) is 10.5 Å². The van der Waals surface area contributed by atoms with Crippen molar-refractivity contribution in [2.75, 3.05) is 5.73 Å². The Morgan fingerprint density at radius 2 is 1.70 bits per heavy atom. The third-order valence-corrected chi connectivity index (χ3v) is 4.18. The van der Waals surface area contributed by atoms with Crippen LogP contribution in [0.5, 0.6) is 5.75 Å². The Hall–Kier alpha value is -4.21. The van der Waals surface area contributed by atoms with E-state index in [9.17, 15) is 33.4 Å². The molecule has 0 aliphatic heterocycles. The highest BCUT2D eigenvalue weighted by Gasteiger charge is 2.26. The van der Waals surface area contributed by atoms with Crippen molar-refractivity contribution in [2.24, 2.45) is 0 Å². The fourth-order valence-corrected chi connectivity index (χ4v) is 2.89. The van der Waals surface area contributed by atoms with E-state index in [0.29, 0.717) is 5.56 Å². The molecule has 3 rings (SSSR count). The minimum absolute atomic E-state index is 0.0529. The molecule has 5 N–H and O–H groups in total. The number of aromatic nitrogens is 1. The van der Waals surface area contributed by atoms with Crippen LogP contribution in [-0.4, -0.2) is 27.1 Å². The van der Waals surface area contributed by atoms with Gasteiger partial charge in [-0.05, 0) is 29.3 Å². The molecular formula is C20H14F2N2O6. The summed E-state index contributed by atoms with van der Waals surface area (Å²) < 4.78 is 31.7. The molecule has 3 aromatic rings. The third kappa shape index (κ3) is 3.97. The Labute approximate surface area is 167 Å². The molecule has 2 aromatic carbocycles. The van der Waals surface area contributed by atoms with Gasteiger partial charge in [-0.2, -0.15) is 0 Å². The fraction of sp³-hybridized carbons (Fsp3) is 0.0500. The van der Waals surface area contributed by atoms with Gasteiger partial charge in [-0.15, -0.1) is 0 Å². The number of rotatable bonds is 6. The number of ether oxygens (including phenoxy) is 1. The number of hydrogen-bond donors (Lipinski definition) is 4. The molecular weight excluding hydrogens is 402 g/mol. The van der Waals surface area contributed by atoms with Crippen LogP contribution in [0.4, 0.5) is 14.6 Å². The lowest BCUT2D eigenvalue weighted by molar-refractivity contribution is 0.0695. The number of carboxylic acid groups (broad SMARTS) is 2. The summed E-state index contributed by atoms with van der Waals surface area (Å²) in [5, 5.41) is 18.9. The van der Waals surface area contributed by atoms with Crippen molar-refractivity contribution in [1.29, 1.82) is 0 Å². The second kappa shape index (κ2) is 8.03. The van der Waals surface area contributed by atoms with Crippen LogP contribution in [-0.2, 0) is 6.61 Å². The SMILES string of the molecule is Nc1[nH]c(=O)c(C(=O)O)c(-c2cccc(COc3ccc(F)c(F)c3)c2)c1C(=O)O. The summed E-state index contributed by atoms with van der Waals surface area (Å²) >= 11 is 0. The van der Waals surface area contributed by atoms with E-state index in [-0.39, 0.29) is 23.5 Å². The van der Waals surface area contributed by atoms with Gasteiger partial charge in [0.15, 0.2) is 11.6 Å². The molecule has 0 atom stereocenters. The topological polar surface area (TPSA) is 143 Å². The number of halogens is 2. The van der Waals surface area contributed by atoms with Crippen LogP contribution >= 0.6 is 0 Å². The molecule has 154 valence electrons. The number of carboxylic acids is 2. The lowest BCUT2D eigenvalue weighted by Crippen LogP contribution is -2.24. The second-order valence-electron chi connectivity index (χ2n) is 6.17. The summed E-state index contributed by atoms with van der Waals surface area (Å²) in [5.74, 6) is -5.70. The average Bonchev–Trinajstić information content (AvgIpc) is 2.67. The molecule has 0 amide bonds. The van der Waals surface area contributed by atoms with Gasteiger partial charge in [-0.3, -0.25) is 4.79 Å². The first-order chi connectivity index (χ1) is 14.2. The minimum Gasteiger partial charge on any atom is -0.489 e. The Bertz CT molecular complexity index is 1220. The summed E-state index contributed by atoms with van der Waals surface area (Å²) in [4.78, 5) is 37.4. The van der Waals surface area contributed by atoms with Crippen molar-refractivity contribution < 1.29 is 33.3 Å². The quantitative estimate of drug-likeness (QED) is 0.484. The lowest BCUT2D eigenvalue weighted by atomic mass is 9.94. The van der Waals surface area contributed by atoms with Crippen LogP contribution in [0.25, 0.3) is 11.1 Å². The molecule has 0 saturated carbocycles. The summed E-state index contributed by atoms with van der Waals surface area (Å²) in [6.45, 7) is -0.123. The molecule has 0 fully saturated rings. The smallest absolute Gasteiger partial charge is 0.342 e. The van der Waals surface area contributed by atoms with E-state index in [1.54, 1.807) is 6.07 Å². The zero-order valence-corrected chi connectivity index (χ0v) is 15.1. The highest BCUT2D eigenvalue weighted by atomic mass is 19.2. The number of benzene rings is 2. The van der Waals surface area contributed by atoms with Crippen molar-refractivity contribution >= 4 is 17.8 Å². The first-order valence-electron chi connectivity index (χ1n) is 8.38. The molecule has 0 bridgehead atoms. The van der Waals surface area contributed by atoms with Gasteiger partial charge in [0.25, 0.3) is 5.56 Å². The molecule has 1 heterocycles.